The van der Waals surface area contributed by atoms with Crippen LogP contribution in [0.5, 0.6) is 0 Å². The summed E-state index contributed by atoms with van der Waals surface area (Å²) in [7, 11) is 0. The Labute approximate surface area is 99.3 Å². The highest BCUT2D eigenvalue weighted by Crippen LogP contribution is 2.16. The van der Waals surface area contributed by atoms with E-state index in [0.29, 0.717) is 17.6 Å². The fourth-order valence-electron chi connectivity index (χ4n) is 1.22. The quantitative estimate of drug-likeness (QED) is 0.814. The van der Waals surface area contributed by atoms with E-state index in [1.54, 1.807) is 27.7 Å². The van der Waals surface area contributed by atoms with Crippen LogP contribution in [0.3, 0.4) is 0 Å². The molecule has 1 N–H and O–H groups in total. The van der Waals surface area contributed by atoms with Gasteiger partial charge in [-0.3, -0.25) is 0 Å². The zero-order chi connectivity index (χ0) is 13.1. The second-order valence-electron chi connectivity index (χ2n) is 4.60. The number of ether oxygens (including phenoxy) is 1. The predicted octanol–water partition coefficient (Wildman–Crippen LogP) is 1.75. The van der Waals surface area contributed by atoms with Gasteiger partial charge in [0.05, 0.1) is 6.20 Å². The Kier molecular flexibility index (Phi) is 3.88. The average Bonchev–Trinajstić information content (AvgIpc) is 2.58. The fraction of sp³-hybridized carbons (Fsp3) is 0.545. The molecule has 94 valence electrons. The number of aldehydes is 1. The molecule has 1 aromatic heterocycles. The molecule has 1 amide bonds. The molecule has 6 nitrogen and oxygen atoms in total. The average molecular weight is 240 g/mol. The van der Waals surface area contributed by atoms with Gasteiger partial charge in [-0.05, 0) is 27.7 Å². The molecular formula is C11H16N2O4. The normalized spacial score (nSPS) is 12.9. The van der Waals surface area contributed by atoms with E-state index in [0.717, 1.165) is 0 Å². The SMILES string of the molecule is Cc1oncc1C(C=O)NC(=O)OC(C)(C)C. The summed E-state index contributed by atoms with van der Waals surface area (Å²) >= 11 is 0. The van der Waals surface area contributed by atoms with Gasteiger partial charge in [0.25, 0.3) is 0 Å². The number of rotatable bonds is 3. The molecule has 0 saturated carbocycles. The molecular weight excluding hydrogens is 224 g/mol. The van der Waals surface area contributed by atoms with Crippen molar-refractivity contribution in [1.82, 2.24) is 10.5 Å². The molecule has 0 fully saturated rings. The van der Waals surface area contributed by atoms with Crippen LogP contribution in [0, 0.1) is 6.92 Å². The molecule has 1 unspecified atom stereocenters. The maximum atomic E-state index is 11.5. The van der Waals surface area contributed by atoms with E-state index in [2.05, 4.69) is 10.5 Å². The number of alkyl carbamates (subject to hydrolysis) is 1. The Morgan fingerprint density at radius 1 is 1.59 bits per heavy atom. The number of carbonyl (C=O) groups is 2. The monoisotopic (exact) mass is 240 g/mol. The van der Waals surface area contributed by atoms with Gasteiger partial charge in [0, 0.05) is 5.56 Å². The number of amides is 1. The number of hydrogen-bond acceptors (Lipinski definition) is 5. The highest BCUT2D eigenvalue weighted by molar-refractivity contribution is 5.74. The van der Waals surface area contributed by atoms with Gasteiger partial charge in [-0.1, -0.05) is 5.16 Å². The number of hydrogen-bond donors (Lipinski definition) is 1. The molecule has 1 atom stereocenters. The first-order chi connectivity index (χ1) is 7.83. The first-order valence-electron chi connectivity index (χ1n) is 5.19. The van der Waals surface area contributed by atoms with Crippen LogP contribution in [0.15, 0.2) is 10.7 Å². The minimum atomic E-state index is -0.809. The van der Waals surface area contributed by atoms with Crippen molar-refractivity contribution >= 4 is 12.4 Å². The summed E-state index contributed by atoms with van der Waals surface area (Å²) in [6.07, 6.45) is 1.34. The molecule has 0 aliphatic heterocycles. The van der Waals surface area contributed by atoms with Crippen molar-refractivity contribution in [1.29, 1.82) is 0 Å². The number of aryl methyl sites for hydroxylation is 1. The van der Waals surface area contributed by atoms with Crippen molar-refractivity contribution < 1.29 is 18.8 Å². The number of aromatic nitrogens is 1. The van der Waals surface area contributed by atoms with Gasteiger partial charge in [-0.15, -0.1) is 0 Å². The van der Waals surface area contributed by atoms with Crippen LogP contribution in [-0.2, 0) is 9.53 Å². The van der Waals surface area contributed by atoms with Crippen molar-refractivity contribution in [3.8, 4) is 0 Å². The maximum absolute atomic E-state index is 11.5. The number of nitrogens with zero attached hydrogens (tertiary/aromatic N) is 1. The Hall–Kier alpha value is -1.85. The zero-order valence-electron chi connectivity index (χ0n) is 10.3. The molecule has 0 aromatic carbocycles. The highest BCUT2D eigenvalue weighted by Gasteiger charge is 2.22. The van der Waals surface area contributed by atoms with Gasteiger partial charge in [-0.2, -0.15) is 0 Å². The Morgan fingerprint density at radius 2 is 2.24 bits per heavy atom. The van der Waals surface area contributed by atoms with E-state index in [-0.39, 0.29) is 0 Å². The van der Waals surface area contributed by atoms with Crippen LogP contribution < -0.4 is 5.32 Å². The highest BCUT2D eigenvalue weighted by atomic mass is 16.6. The lowest BCUT2D eigenvalue weighted by molar-refractivity contribution is -0.109. The number of carbonyl (C=O) groups excluding carboxylic acids is 2. The van der Waals surface area contributed by atoms with Crippen LogP contribution in [0.1, 0.15) is 38.1 Å². The van der Waals surface area contributed by atoms with E-state index in [1.165, 1.54) is 6.20 Å². The Balaban J connectivity index is 2.69. The molecule has 1 heterocycles. The van der Waals surface area contributed by atoms with Gasteiger partial charge in [-0.25, -0.2) is 4.79 Å². The van der Waals surface area contributed by atoms with Crippen molar-refractivity contribution in [3.05, 3.63) is 17.5 Å². The van der Waals surface area contributed by atoms with E-state index in [9.17, 15) is 9.59 Å². The van der Waals surface area contributed by atoms with Gasteiger partial charge in [0.1, 0.15) is 23.7 Å². The predicted molar refractivity (Wildman–Crippen MR) is 59.4 cm³/mol. The number of nitrogens with one attached hydrogen (secondary N) is 1. The van der Waals surface area contributed by atoms with Gasteiger partial charge < -0.3 is 19.4 Å². The van der Waals surface area contributed by atoms with E-state index in [4.69, 9.17) is 9.26 Å². The van der Waals surface area contributed by atoms with Gasteiger partial charge in [0.2, 0.25) is 0 Å². The third kappa shape index (κ3) is 3.90. The Morgan fingerprint density at radius 3 is 2.65 bits per heavy atom. The molecule has 0 aliphatic rings. The van der Waals surface area contributed by atoms with Crippen LogP contribution in [0.2, 0.25) is 0 Å². The third-order valence-corrected chi connectivity index (χ3v) is 1.93. The second kappa shape index (κ2) is 4.99. The minimum absolute atomic E-state index is 0.484. The van der Waals surface area contributed by atoms with Crippen molar-refractivity contribution in [3.63, 3.8) is 0 Å². The zero-order valence-corrected chi connectivity index (χ0v) is 10.3. The molecule has 0 radical (unpaired) electrons. The first-order valence-corrected chi connectivity index (χ1v) is 5.19. The summed E-state index contributed by atoms with van der Waals surface area (Å²) in [6.45, 7) is 6.89. The summed E-state index contributed by atoms with van der Waals surface area (Å²) in [6, 6.07) is -0.809. The second-order valence-corrected chi connectivity index (χ2v) is 4.60. The first kappa shape index (κ1) is 13.2. The topological polar surface area (TPSA) is 81.4 Å². The molecule has 0 saturated heterocycles. The molecule has 17 heavy (non-hydrogen) atoms. The van der Waals surface area contributed by atoms with Crippen molar-refractivity contribution in [2.45, 2.75) is 39.3 Å². The molecule has 0 spiro atoms. The maximum Gasteiger partial charge on any atom is 0.408 e. The molecule has 1 aromatic rings. The lowest BCUT2D eigenvalue weighted by atomic mass is 10.1. The van der Waals surface area contributed by atoms with E-state index in [1.807, 2.05) is 0 Å². The standard InChI is InChI=1S/C11H16N2O4/c1-7-8(5-12-17-7)9(6-14)13-10(15)16-11(2,3)4/h5-6,9H,1-4H3,(H,13,15). The Bertz CT molecular complexity index is 406. The third-order valence-electron chi connectivity index (χ3n) is 1.93. The van der Waals surface area contributed by atoms with Gasteiger partial charge in [0.15, 0.2) is 0 Å². The molecule has 0 aliphatic carbocycles. The molecule has 0 bridgehead atoms. The van der Waals surface area contributed by atoms with Crippen LogP contribution in [0.4, 0.5) is 4.79 Å². The van der Waals surface area contributed by atoms with Gasteiger partial charge >= 0.3 is 6.09 Å². The van der Waals surface area contributed by atoms with E-state index >= 15 is 0 Å². The fourth-order valence-corrected chi connectivity index (χ4v) is 1.22. The van der Waals surface area contributed by atoms with Crippen molar-refractivity contribution in [2.24, 2.45) is 0 Å². The van der Waals surface area contributed by atoms with E-state index < -0.39 is 17.7 Å². The minimum Gasteiger partial charge on any atom is -0.444 e. The summed E-state index contributed by atoms with van der Waals surface area (Å²) in [5.74, 6) is 0.484. The summed E-state index contributed by atoms with van der Waals surface area (Å²) in [4.78, 5) is 22.4. The summed E-state index contributed by atoms with van der Waals surface area (Å²) in [5, 5.41) is 5.98. The smallest absolute Gasteiger partial charge is 0.408 e. The van der Waals surface area contributed by atoms with Crippen LogP contribution >= 0.6 is 0 Å². The lowest BCUT2D eigenvalue weighted by Gasteiger charge is -2.21. The van der Waals surface area contributed by atoms with Crippen LogP contribution in [-0.4, -0.2) is 23.1 Å². The lowest BCUT2D eigenvalue weighted by Crippen LogP contribution is -2.35. The largest absolute Gasteiger partial charge is 0.444 e. The summed E-state index contributed by atoms with van der Waals surface area (Å²) in [5.41, 5.74) is -0.0906. The molecule has 1 rings (SSSR count). The summed E-state index contributed by atoms with van der Waals surface area (Å²) < 4.78 is 9.88. The van der Waals surface area contributed by atoms with Crippen molar-refractivity contribution in [2.75, 3.05) is 0 Å². The van der Waals surface area contributed by atoms with Crippen LogP contribution in [0.25, 0.3) is 0 Å². The molecule has 6 heteroatoms.